The molecule has 0 saturated heterocycles. The van der Waals surface area contributed by atoms with E-state index >= 15 is 0 Å². The molecule has 3 rings (SSSR count). The van der Waals surface area contributed by atoms with Gasteiger partial charge in [0.1, 0.15) is 6.54 Å². The Labute approximate surface area is 150 Å². The van der Waals surface area contributed by atoms with Crippen LogP contribution >= 0.6 is 11.6 Å². The molecular formula is C19H16ClN3O2. The van der Waals surface area contributed by atoms with Crippen LogP contribution in [-0.4, -0.2) is 23.3 Å². The predicted molar refractivity (Wildman–Crippen MR) is 99.9 cm³/mol. The van der Waals surface area contributed by atoms with Gasteiger partial charge in [0.2, 0.25) is 11.8 Å². The third kappa shape index (κ3) is 3.78. The van der Waals surface area contributed by atoms with E-state index in [-0.39, 0.29) is 18.4 Å². The molecular weight excluding hydrogens is 338 g/mol. The average Bonchev–Trinajstić information content (AvgIpc) is 2.61. The number of amides is 2. The van der Waals surface area contributed by atoms with Crippen LogP contribution in [0.4, 0.5) is 11.4 Å². The molecule has 5 nitrogen and oxygen atoms in total. The molecule has 0 unspecified atom stereocenters. The third-order valence-corrected chi connectivity index (χ3v) is 4.06. The van der Waals surface area contributed by atoms with E-state index in [0.717, 1.165) is 5.39 Å². The molecule has 6 heteroatoms. The second kappa shape index (κ2) is 7.32. The Morgan fingerprint density at radius 1 is 1.08 bits per heavy atom. The summed E-state index contributed by atoms with van der Waals surface area (Å²) < 4.78 is 0. The highest BCUT2D eigenvalue weighted by atomic mass is 35.5. The zero-order chi connectivity index (χ0) is 17.8. The van der Waals surface area contributed by atoms with Gasteiger partial charge in [0, 0.05) is 18.5 Å². The minimum atomic E-state index is -0.337. The molecule has 0 saturated carbocycles. The number of anilines is 2. The van der Waals surface area contributed by atoms with Crippen LogP contribution in [0.15, 0.2) is 60.8 Å². The Balaban J connectivity index is 1.88. The summed E-state index contributed by atoms with van der Waals surface area (Å²) in [7, 11) is 0. The SMILES string of the molecule is CC(=O)N(CC(=O)Nc1ccccc1Cl)c1cccc2cccnc12. The number of benzene rings is 2. The maximum absolute atomic E-state index is 12.4. The van der Waals surface area contributed by atoms with Crippen molar-refractivity contribution in [1.29, 1.82) is 0 Å². The van der Waals surface area contributed by atoms with Crippen LogP contribution in [0.1, 0.15) is 6.92 Å². The normalized spacial score (nSPS) is 10.5. The van der Waals surface area contributed by atoms with Gasteiger partial charge in [-0.2, -0.15) is 0 Å². The van der Waals surface area contributed by atoms with E-state index in [9.17, 15) is 9.59 Å². The van der Waals surface area contributed by atoms with E-state index in [0.29, 0.717) is 21.9 Å². The standard InChI is InChI=1S/C19H16ClN3O2/c1-13(24)23(12-18(25)22-16-9-3-2-8-15(16)20)17-10-4-6-14-7-5-11-21-19(14)17/h2-11H,12H2,1H3,(H,22,25). The van der Waals surface area contributed by atoms with Gasteiger partial charge < -0.3 is 10.2 Å². The first-order chi connectivity index (χ1) is 12.1. The molecule has 0 aliphatic carbocycles. The van der Waals surface area contributed by atoms with Crippen molar-refractivity contribution in [3.8, 4) is 0 Å². The number of carbonyl (C=O) groups excluding carboxylic acids is 2. The van der Waals surface area contributed by atoms with Gasteiger partial charge in [0.25, 0.3) is 0 Å². The Bertz CT molecular complexity index is 937. The van der Waals surface area contributed by atoms with Crippen molar-refractivity contribution in [2.45, 2.75) is 6.92 Å². The van der Waals surface area contributed by atoms with E-state index in [1.54, 1.807) is 36.5 Å². The number of hydrogen-bond acceptors (Lipinski definition) is 3. The molecule has 25 heavy (non-hydrogen) atoms. The van der Waals surface area contributed by atoms with E-state index < -0.39 is 0 Å². The molecule has 126 valence electrons. The largest absolute Gasteiger partial charge is 0.323 e. The molecule has 1 N–H and O–H groups in total. The molecule has 0 spiro atoms. The summed E-state index contributed by atoms with van der Waals surface area (Å²) in [6, 6.07) is 16.2. The Hall–Kier alpha value is -2.92. The van der Waals surface area contributed by atoms with Crippen LogP contribution in [-0.2, 0) is 9.59 Å². The van der Waals surface area contributed by atoms with Gasteiger partial charge in [0.15, 0.2) is 0 Å². The van der Waals surface area contributed by atoms with Crippen molar-refractivity contribution in [3.05, 3.63) is 65.8 Å². The second-order valence-corrected chi connectivity index (χ2v) is 5.89. The summed E-state index contributed by atoms with van der Waals surface area (Å²) in [4.78, 5) is 30.3. The number of para-hydroxylation sites is 2. The molecule has 0 aliphatic heterocycles. The fourth-order valence-electron chi connectivity index (χ4n) is 2.57. The first-order valence-corrected chi connectivity index (χ1v) is 8.10. The number of hydrogen-bond donors (Lipinski definition) is 1. The minimum Gasteiger partial charge on any atom is -0.323 e. The van der Waals surface area contributed by atoms with Gasteiger partial charge in [-0.05, 0) is 24.3 Å². The van der Waals surface area contributed by atoms with Crippen molar-refractivity contribution < 1.29 is 9.59 Å². The molecule has 2 aromatic carbocycles. The van der Waals surface area contributed by atoms with Crippen LogP contribution in [0.25, 0.3) is 10.9 Å². The number of pyridine rings is 1. The van der Waals surface area contributed by atoms with Gasteiger partial charge in [0.05, 0.1) is 21.9 Å². The van der Waals surface area contributed by atoms with Gasteiger partial charge in [-0.15, -0.1) is 0 Å². The number of aromatic nitrogens is 1. The van der Waals surface area contributed by atoms with Crippen molar-refractivity contribution in [3.63, 3.8) is 0 Å². The van der Waals surface area contributed by atoms with Crippen LogP contribution in [0.5, 0.6) is 0 Å². The van der Waals surface area contributed by atoms with E-state index in [1.165, 1.54) is 11.8 Å². The molecule has 3 aromatic rings. The lowest BCUT2D eigenvalue weighted by molar-refractivity contribution is -0.120. The zero-order valence-electron chi connectivity index (χ0n) is 13.6. The lowest BCUT2D eigenvalue weighted by atomic mass is 10.1. The maximum Gasteiger partial charge on any atom is 0.244 e. The summed E-state index contributed by atoms with van der Waals surface area (Å²) in [6.07, 6.45) is 1.66. The highest BCUT2D eigenvalue weighted by molar-refractivity contribution is 6.33. The van der Waals surface area contributed by atoms with E-state index in [4.69, 9.17) is 11.6 Å². The zero-order valence-corrected chi connectivity index (χ0v) is 14.3. The summed E-state index contributed by atoms with van der Waals surface area (Å²) in [6.45, 7) is 1.29. The fraction of sp³-hybridized carbons (Fsp3) is 0.105. The number of fused-ring (bicyclic) bond motifs is 1. The number of nitrogens with one attached hydrogen (secondary N) is 1. The summed E-state index contributed by atoms with van der Waals surface area (Å²) in [5.74, 6) is -0.580. The Morgan fingerprint density at radius 3 is 2.60 bits per heavy atom. The minimum absolute atomic E-state index is 0.129. The topological polar surface area (TPSA) is 62.3 Å². The monoisotopic (exact) mass is 353 g/mol. The van der Waals surface area contributed by atoms with Crippen LogP contribution in [0.2, 0.25) is 5.02 Å². The lowest BCUT2D eigenvalue weighted by Crippen LogP contribution is -2.36. The maximum atomic E-state index is 12.4. The molecule has 0 atom stereocenters. The molecule has 0 fully saturated rings. The predicted octanol–water partition coefficient (Wildman–Crippen LogP) is 3.88. The molecule has 2 amide bonds. The summed E-state index contributed by atoms with van der Waals surface area (Å²) in [5.41, 5.74) is 1.78. The first kappa shape index (κ1) is 16.9. The van der Waals surface area contributed by atoms with Gasteiger partial charge in [-0.25, -0.2) is 0 Å². The number of halogens is 1. The Kier molecular flexibility index (Phi) is 4.95. The number of rotatable bonds is 4. The van der Waals surface area contributed by atoms with Crippen LogP contribution < -0.4 is 10.2 Å². The molecule has 0 bridgehead atoms. The van der Waals surface area contributed by atoms with Crippen LogP contribution in [0, 0.1) is 0 Å². The highest BCUT2D eigenvalue weighted by Gasteiger charge is 2.19. The third-order valence-electron chi connectivity index (χ3n) is 3.73. The first-order valence-electron chi connectivity index (χ1n) is 7.72. The fourth-order valence-corrected chi connectivity index (χ4v) is 2.75. The van der Waals surface area contributed by atoms with Crippen molar-refractivity contribution in [2.24, 2.45) is 0 Å². The summed E-state index contributed by atoms with van der Waals surface area (Å²) in [5, 5.41) is 4.07. The van der Waals surface area contributed by atoms with E-state index in [2.05, 4.69) is 10.3 Å². The number of nitrogens with zero attached hydrogens (tertiary/aromatic N) is 2. The lowest BCUT2D eigenvalue weighted by Gasteiger charge is -2.22. The average molecular weight is 354 g/mol. The van der Waals surface area contributed by atoms with Crippen molar-refractivity contribution >= 4 is 45.7 Å². The molecule has 1 aromatic heterocycles. The number of carbonyl (C=O) groups is 2. The molecule has 0 radical (unpaired) electrons. The smallest absolute Gasteiger partial charge is 0.244 e. The van der Waals surface area contributed by atoms with Gasteiger partial charge in [-0.1, -0.05) is 41.9 Å². The Morgan fingerprint density at radius 2 is 1.84 bits per heavy atom. The molecule has 0 aliphatic rings. The summed E-state index contributed by atoms with van der Waals surface area (Å²) >= 11 is 6.06. The second-order valence-electron chi connectivity index (χ2n) is 5.49. The van der Waals surface area contributed by atoms with Crippen molar-refractivity contribution in [2.75, 3.05) is 16.8 Å². The quantitative estimate of drug-likeness (QED) is 0.774. The van der Waals surface area contributed by atoms with Gasteiger partial charge in [-0.3, -0.25) is 14.6 Å². The highest BCUT2D eigenvalue weighted by Crippen LogP contribution is 2.25. The van der Waals surface area contributed by atoms with Gasteiger partial charge >= 0.3 is 0 Å². The van der Waals surface area contributed by atoms with E-state index in [1.807, 2.05) is 24.3 Å². The van der Waals surface area contributed by atoms with Crippen molar-refractivity contribution in [1.82, 2.24) is 4.98 Å². The molecule has 1 heterocycles. The van der Waals surface area contributed by atoms with Crippen LogP contribution in [0.3, 0.4) is 0 Å².